The second-order valence-corrected chi connectivity index (χ2v) is 10.8. The van der Waals surface area contributed by atoms with Crippen LogP contribution in [0.2, 0.25) is 0 Å². The van der Waals surface area contributed by atoms with Crippen LogP contribution in [-0.4, -0.2) is 16.5 Å². The van der Waals surface area contributed by atoms with Crippen molar-refractivity contribution in [3.63, 3.8) is 0 Å². The molecule has 0 aliphatic carbocycles. The first-order valence-corrected chi connectivity index (χ1v) is 12.0. The molecular formula is C27H44O3. The molecule has 0 unspecified atom stereocenters. The summed E-state index contributed by atoms with van der Waals surface area (Å²) in [5, 5.41) is 10.4. The van der Waals surface area contributed by atoms with Crippen molar-refractivity contribution in [2.24, 2.45) is 17.8 Å². The van der Waals surface area contributed by atoms with Crippen LogP contribution in [0.25, 0.3) is 0 Å². The number of benzene rings is 1. The number of hydrogen-bond acceptors (Lipinski definition) is 3. The summed E-state index contributed by atoms with van der Waals surface area (Å²) >= 11 is 0. The van der Waals surface area contributed by atoms with Gasteiger partial charge in [-0.05, 0) is 81.4 Å². The van der Waals surface area contributed by atoms with Crippen LogP contribution >= 0.6 is 0 Å². The highest BCUT2D eigenvalue weighted by Crippen LogP contribution is 2.44. The van der Waals surface area contributed by atoms with E-state index in [0.29, 0.717) is 36.2 Å². The number of hydrogen-bond donors (Lipinski definition) is 1. The zero-order valence-corrected chi connectivity index (χ0v) is 20.7. The van der Waals surface area contributed by atoms with E-state index in [4.69, 9.17) is 4.74 Å². The molecule has 1 aromatic rings. The Hall–Kier alpha value is -1.51. The molecule has 1 aliphatic heterocycles. The number of ketones is 1. The molecule has 3 atom stereocenters. The van der Waals surface area contributed by atoms with Crippen LogP contribution < -0.4 is 4.74 Å². The van der Waals surface area contributed by atoms with Crippen LogP contribution in [0.15, 0.2) is 0 Å². The van der Waals surface area contributed by atoms with E-state index in [1.165, 1.54) is 12.8 Å². The molecule has 0 radical (unpaired) electrons. The van der Waals surface area contributed by atoms with Crippen LogP contribution in [0.1, 0.15) is 102 Å². The predicted molar refractivity (Wildman–Crippen MR) is 126 cm³/mol. The Kier molecular flexibility index (Phi) is 8.42. The van der Waals surface area contributed by atoms with Gasteiger partial charge in [0.2, 0.25) is 0 Å². The van der Waals surface area contributed by atoms with E-state index in [1.807, 2.05) is 20.8 Å². The molecule has 2 rings (SSSR count). The fraction of sp³-hybridized carbons (Fsp3) is 0.741. The maximum atomic E-state index is 12.6. The van der Waals surface area contributed by atoms with Crippen LogP contribution in [0, 0.1) is 38.5 Å². The number of ether oxygens (including phenoxy) is 1. The van der Waals surface area contributed by atoms with Gasteiger partial charge in [-0.2, -0.15) is 0 Å². The monoisotopic (exact) mass is 416 g/mol. The standard InChI is InChI=1S/C27H44O3/c1-17(2)10-9-11-18(3)14-23(28)15-19(4)16-27(8)13-12-24-22(7)25(29)20(5)21(6)26(24)30-27/h17-19,29H,9-16H2,1-8H3/t18-,19-,27+/m1/s1. The molecule has 1 N–H and O–H groups in total. The largest absolute Gasteiger partial charge is 0.507 e. The maximum absolute atomic E-state index is 12.6. The zero-order chi connectivity index (χ0) is 22.6. The molecule has 3 heteroatoms. The van der Waals surface area contributed by atoms with Crippen LogP contribution in [0.5, 0.6) is 11.5 Å². The first kappa shape index (κ1) is 24.8. The Morgan fingerprint density at radius 2 is 1.63 bits per heavy atom. The number of aromatic hydroxyl groups is 1. The van der Waals surface area contributed by atoms with Gasteiger partial charge in [0.05, 0.1) is 0 Å². The van der Waals surface area contributed by atoms with Crippen molar-refractivity contribution >= 4 is 5.78 Å². The van der Waals surface area contributed by atoms with Crippen molar-refractivity contribution in [1.82, 2.24) is 0 Å². The molecular weight excluding hydrogens is 372 g/mol. The second-order valence-electron chi connectivity index (χ2n) is 10.8. The van der Waals surface area contributed by atoms with Crippen LogP contribution in [0.3, 0.4) is 0 Å². The number of phenols is 1. The summed E-state index contributed by atoms with van der Waals surface area (Å²) in [7, 11) is 0. The van der Waals surface area contributed by atoms with E-state index in [2.05, 4.69) is 34.6 Å². The number of rotatable bonds is 10. The van der Waals surface area contributed by atoms with Gasteiger partial charge in [0.25, 0.3) is 0 Å². The lowest BCUT2D eigenvalue weighted by molar-refractivity contribution is -0.121. The summed E-state index contributed by atoms with van der Waals surface area (Å²) in [6.07, 6.45) is 7.71. The van der Waals surface area contributed by atoms with Gasteiger partial charge in [-0.3, -0.25) is 4.79 Å². The quantitative estimate of drug-likeness (QED) is 0.437. The highest BCUT2D eigenvalue weighted by molar-refractivity contribution is 5.78. The lowest BCUT2D eigenvalue weighted by Crippen LogP contribution is -2.39. The summed E-state index contributed by atoms with van der Waals surface area (Å²) < 4.78 is 6.55. The van der Waals surface area contributed by atoms with Gasteiger partial charge in [-0.25, -0.2) is 0 Å². The van der Waals surface area contributed by atoms with Gasteiger partial charge in [0.1, 0.15) is 22.9 Å². The Morgan fingerprint density at radius 1 is 1.00 bits per heavy atom. The first-order chi connectivity index (χ1) is 13.9. The third-order valence-corrected chi connectivity index (χ3v) is 7.00. The molecule has 30 heavy (non-hydrogen) atoms. The number of fused-ring (bicyclic) bond motifs is 1. The lowest BCUT2D eigenvalue weighted by atomic mass is 9.81. The van der Waals surface area contributed by atoms with E-state index in [1.54, 1.807) is 0 Å². The van der Waals surface area contributed by atoms with E-state index >= 15 is 0 Å². The normalized spacial score (nSPS) is 20.6. The molecule has 3 nitrogen and oxygen atoms in total. The summed E-state index contributed by atoms with van der Waals surface area (Å²) in [4.78, 5) is 12.6. The fourth-order valence-electron chi connectivity index (χ4n) is 5.09. The summed E-state index contributed by atoms with van der Waals surface area (Å²) in [6.45, 7) is 17.1. The van der Waals surface area contributed by atoms with Crippen molar-refractivity contribution in [2.45, 2.75) is 112 Å². The van der Waals surface area contributed by atoms with Gasteiger partial charge < -0.3 is 9.84 Å². The lowest BCUT2D eigenvalue weighted by Gasteiger charge is -2.39. The minimum absolute atomic E-state index is 0.254. The highest BCUT2D eigenvalue weighted by Gasteiger charge is 2.36. The number of Topliss-reactive ketones (excluding diaryl/α,β-unsaturated/α-hetero) is 1. The third kappa shape index (κ3) is 6.25. The molecule has 1 aromatic carbocycles. The molecule has 0 saturated heterocycles. The Balaban J connectivity index is 1.93. The van der Waals surface area contributed by atoms with Gasteiger partial charge in [0, 0.05) is 18.4 Å². The minimum Gasteiger partial charge on any atom is -0.507 e. The average molecular weight is 417 g/mol. The van der Waals surface area contributed by atoms with Gasteiger partial charge in [-0.15, -0.1) is 0 Å². The first-order valence-electron chi connectivity index (χ1n) is 12.0. The molecule has 0 bridgehead atoms. The van der Waals surface area contributed by atoms with E-state index in [0.717, 1.165) is 59.6 Å². The van der Waals surface area contributed by atoms with Crippen LogP contribution in [0.4, 0.5) is 0 Å². The molecule has 1 aliphatic rings. The topological polar surface area (TPSA) is 46.5 Å². The maximum Gasteiger partial charge on any atom is 0.133 e. The summed E-state index contributed by atoms with van der Waals surface area (Å²) in [5.74, 6) is 3.29. The molecule has 0 spiro atoms. The molecule has 0 amide bonds. The fourth-order valence-corrected chi connectivity index (χ4v) is 5.09. The summed E-state index contributed by atoms with van der Waals surface area (Å²) in [5.41, 5.74) is 3.79. The molecule has 0 aromatic heterocycles. The van der Waals surface area contributed by atoms with Crippen molar-refractivity contribution in [1.29, 1.82) is 0 Å². The van der Waals surface area contributed by atoms with E-state index < -0.39 is 0 Å². The molecule has 1 heterocycles. The predicted octanol–water partition coefficient (Wildman–Crippen LogP) is 7.24. The van der Waals surface area contributed by atoms with E-state index in [9.17, 15) is 9.90 Å². The third-order valence-electron chi connectivity index (χ3n) is 7.00. The Labute approximate surface area is 184 Å². The van der Waals surface area contributed by atoms with Gasteiger partial charge in [-0.1, -0.05) is 47.0 Å². The minimum atomic E-state index is -0.254. The smallest absolute Gasteiger partial charge is 0.133 e. The SMILES string of the molecule is Cc1c(C)c2c(c(C)c1O)CC[C@@](C)(C[C@H](C)CC(=O)C[C@H](C)CCCC(C)C)O2. The number of carbonyl (C=O) groups excluding carboxylic acids is 1. The van der Waals surface area contributed by atoms with Crippen LogP contribution in [-0.2, 0) is 11.2 Å². The Bertz CT molecular complexity index is 749. The second kappa shape index (κ2) is 10.2. The van der Waals surface area contributed by atoms with Crippen molar-refractivity contribution in [3.8, 4) is 11.5 Å². The average Bonchev–Trinajstić information content (AvgIpc) is 2.63. The molecule has 170 valence electrons. The number of phenolic OH excluding ortho intramolecular Hbond substituents is 1. The zero-order valence-electron chi connectivity index (χ0n) is 20.7. The van der Waals surface area contributed by atoms with Crippen molar-refractivity contribution in [3.05, 3.63) is 22.3 Å². The highest BCUT2D eigenvalue weighted by atomic mass is 16.5. The van der Waals surface area contributed by atoms with Gasteiger partial charge in [0.15, 0.2) is 0 Å². The Morgan fingerprint density at radius 3 is 2.27 bits per heavy atom. The van der Waals surface area contributed by atoms with Crippen molar-refractivity contribution < 1.29 is 14.6 Å². The molecule has 0 fully saturated rings. The summed E-state index contributed by atoms with van der Waals surface area (Å²) in [6, 6.07) is 0. The number of carbonyl (C=O) groups is 1. The van der Waals surface area contributed by atoms with Gasteiger partial charge >= 0.3 is 0 Å². The molecule has 0 saturated carbocycles. The van der Waals surface area contributed by atoms with E-state index in [-0.39, 0.29) is 5.60 Å². The van der Waals surface area contributed by atoms with Crippen molar-refractivity contribution in [2.75, 3.05) is 0 Å².